The molecule has 0 radical (unpaired) electrons. The predicted octanol–water partition coefficient (Wildman–Crippen LogP) is 3.19. The molecule has 0 spiro atoms. The van der Waals surface area contributed by atoms with Gasteiger partial charge in [-0.15, -0.1) is 0 Å². The largest absolute Gasteiger partial charge is 0.497 e. The summed E-state index contributed by atoms with van der Waals surface area (Å²) in [5.41, 5.74) is -0.710. The maximum atomic E-state index is 12.3. The molecule has 1 heterocycles. The number of aliphatic carboxylic acids is 1. The zero-order valence-corrected chi connectivity index (χ0v) is 15.4. The van der Waals surface area contributed by atoms with Crippen molar-refractivity contribution in [1.82, 2.24) is 4.90 Å². The summed E-state index contributed by atoms with van der Waals surface area (Å²) >= 11 is 6.15. The van der Waals surface area contributed by atoms with Crippen LogP contribution in [0.1, 0.15) is 27.2 Å². The van der Waals surface area contributed by atoms with Crippen molar-refractivity contribution in [2.45, 2.75) is 44.9 Å². The van der Waals surface area contributed by atoms with Crippen LogP contribution in [0.3, 0.4) is 0 Å². The Morgan fingerprint density at radius 1 is 1.32 bits per heavy atom. The Balaban J connectivity index is 2.11. The Kier molecular flexibility index (Phi) is 5.67. The van der Waals surface area contributed by atoms with Gasteiger partial charge in [-0.2, -0.15) is 0 Å². The van der Waals surface area contributed by atoms with E-state index in [1.807, 2.05) is 0 Å². The molecule has 1 fully saturated rings. The van der Waals surface area contributed by atoms with Crippen LogP contribution in [0.5, 0.6) is 11.5 Å². The van der Waals surface area contributed by atoms with Gasteiger partial charge in [-0.25, -0.2) is 9.59 Å². The lowest BCUT2D eigenvalue weighted by Gasteiger charge is -2.26. The number of ether oxygens (including phenoxy) is 3. The molecule has 25 heavy (non-hydrogen) atoms. The molecule has 1 N–H and O–H groups in total. The Morgan fingerprint density at radius 2 is 2.00 bits per heavy atom. The third kappa shape index (κ3) is 4.92. The SMILES string of the molecule is COc1ccc(OC2CC(C(=O)O)N(C(=O)OC(C)(C)C)C2)c(Cl)c1. The maximum Gasteiger partial charge on any atom is 0.411 e. The van der Waals surface area contributed by atoms with Gasteiger partial charge < -0.3 is 19.3 Å². The second-order valence-corrected chi connectivity index (χ2v) is 7.17. The predicted molar refractivity (Wildman–Crippen MR) is 91.4 cm³/mol. The minimum Gasteiger partial charge on any atom is -0.497 e. The highest BCUT2D eigenvalue weighted by atomic mass is 35.5. The van der Waals surface area contributed by atoms with Crippen molar-refractivity contribution in [3.63, 3.8) is 0 Å². The lowest BCUT2D eigenvalue weighted by Crippen LogP contribution is -2.43. The summed E-state index contributed by atoms with van der Waals surface area (Å²) in [4.78, 5) is 24.9. The molecule has 1 aliphatic heterocycles. The zero-order chi connectivity index (χ0) is 18.8. The molecule has 1 aromatic rings. The lowest BCUT2D eigenvalue weighted by atomic mass is 10.2. The molecule has 0 aromatic heterocycles. The molecule has 7 nitrogen and oxygen atoms in total. The second-order valence-electron chi connectivity index (χ2n) is 6.76. The third-order valence-corrected chi connectivity index (χ3v) is 3.90. The number of carbonyl (C=O) groups is 2. The molecule has 1 aliphatic rings. The van der Waals surface area contributed by atoms with Crippen molar-refractivity contribution < 1.29 is 28.9 Å². The summed E-state index contributed by atoms with van der Waals surface area (Å²) in [6.07, 6.45) is -1.02. The molecule has 0 bridgehead atoms. The van der Waals surface area contributed by atoms with Gasteiger partial charge in [0.15, 0.2) is 0 Å². The number of carbonyl (C=O) groups excluding carboxylic acids is 1. The molecular formula is C17H22ClNO6. The van der Waals surface area contributed by atoms with E-state index in [0.29, 0.717) is 16.5 Å². The van der Waals surface area contributed by atoms with Gasteiger partial charge >= 0.3 is 12.1 Å². The molecule has 2 rings (SSSR count). The van der Waals surface area contributed by atoms with Crippen molar-refractivity contribution >= 4 is 23.7 Å². The smallest absolute Gasteiger partial charge is 0.411 e. The number of benzene rings is 1. The normalized spacial score (nSPS) is 20.3. The van der Waals surface area contributed by atoms with E-state index >= 15 is 0 Å². The summed E-state index contributed by atoms with van der Waals surface area (Å²) < 4.78 is 16.2. The van der Waals surface area contributed by atoms with Crippen LogP contribution in [0.25, 0.3) is 0 Å². The number of nitrogens with zero attached hydrogens (tertiary/aromatic N) is 1. The van der Waals surface area contributed by atoms with Crippen molar-refractivity contribution in [1.29, 1.82) is 0 Å². The fourth-order valence-electron chi connectivity index (χ4n) is 2.52. The van der Waals surface area contributed by atoms with E-state index in [1.165, 1.54) is 12.0 Å². The first-order valence-corrected chi connectivity index (χ1v) is 8.21. The number of carboxylic acid groups (broad SMARTS) is 1. The number of methoxy groups -OCH3 is 1. The van der Waals surface area contributed by atoms with Gasteiger partial charge in [0.2, 0.25) is 0 Å². The fourth-order valence-corrected chi connectivity index (χ4v) is 2.74. The van der Waals surface area contributed by atoms with Crippen LogP contribution in [0.15, 0.2) is 18.2 Å². The fraction of sp³-hybridized carbons (Fsp3) is 0.529. The number of carboxylic acids is 1. The zero-order valence-electron chi connectivity index (χ0n) is 14.6. The molecule has 0 aliphatic carbocycles. The van der Waals surface area contributed by atoms with Gasteiger partial charge in [-0.3, -0.25) is 4.90 Å². The second kappa shape index (κ2) is 7.39. The monoisotopic (exact) mass is 371 g/mol. The molecule has 1 aromatic carbocycles. The number of halogens is 1. The summed E-state index contributed by atoms with van der Waals surface area (Å²) in [7, 11) is 1.53. The van der Waals surface area contributed by atoms with Crippen LogP contribution in [-0.4, -0.2) is 53.5 Å². The highest BCUT2D eigenvalue weighted by molar-refractivity contribution is 6.32. The van der Waals surface area contributed by atoms with E-state index in [0.717, 1.165) is 0 Å². The average Bonchev–Trinajstić information content (AvgIpc) is 2.92. The molecule has 8 heteroatoms. The van der Waals surface area contributed by atoms with Gasteiger partial charge in [0.05, 0.1) is 18.7 Å². The number of likely N-dealkylation sites (tertiary alicyclic amines) is 1. The first-order valence-electron chi connectivity index (χ1n) is 7.83. The van der Waals surface area contributed by atoms with Crippen LogP contribution < -0.4 is 9.47 Å². The van der Waals surface area contributed by atoms with Crippen molar-refractivity contribution in [2.75, 3.05) is 13.7 Å². The minimum atomic E-state index is -1.10. The quantitative estimate of drug-likeness (QED) is 0.874. The van der Waals surface area contributed by atoms with E-state index in [-0.39, 0.29) is 13.0 Å². The molecule has 2 atom stereocenters. The van der Waals surface area contributed by atoms with Crippen molar-refractivity contribution in [2.24, 2.45) is 0 Å². The Labute approximate surface area is 151 Å². The minimum absolute atomic E-state index is 0.105. The average molecular weight is 372 g/mol. The lowest BCUT2D eigenvalue weighted by molar-refractivity contribution is -0.142. The van der Waals surface area contributed by atoms with Gasteiger partial charge in [0.1, 0.15) is 29.2 Å². The number of amides is 1. The Morgan fingerprint density at radius 3 is 2.52 bits per heavy atom. The Hall–Kier alpha value is -2.15. The van der Waals surface area contributed by atoms with Crippen LogP contribution in [0, 0.1) is 0 Å². The Bertz CT molecular complexity index is 657. The molecule has 2 unspecified atom stereocenters. The first-order chi connectivity index (χ1) is 11.6. The van der Waals surface area contributed by atoms with Gasteiger partial charge in [0, 0.05) is 12.5 Å². The van der Waals surface area contributed by atoms with E-state index < -0.39 is 29.8 Å². The van der Waals surface area contributed by atoms with E-state index in [9.17, 15) is 14.7 Å². The highest BCUT2D eigenvalue weighted by Gasteiger charge is 2.42. The molecule has 138 valence electrons. The summed E-state index contributed by atoms with van der Waals surface area (Å²) in [5.74, 6) is -0.108. The third-order valence-electron chi connectivity index (χ3n) is 3.61. The molecular weight excluding hydrogens is 350 g/mol. The van der Waals surface area contributed by atoms with Crippen LogP contribution >= 0.6 is 11.6 Å². The van der Waals surface area contributed by atoms with Gasteiger partial charge in [-0.05, 0) is 32.9 Å². The molecule has 1 amide bonds. The molecule has 0 saturated carbocycles. The van der Waals surface area contributed by atoms with Gasteiger partial charge in [0.25, 0.3) is 0 Å². The molecule has 1 saturated heterocycles. The number of hydrogen-bond acceptors (Lipinski definition) is 5. The first kappa shape index (κ1) is 19.2. The van der Waals surface area contributed by atoms with Crippen LogP contribution in [0.2, 0.25) is 5.02 Å². The number of hydrogen-bond donors (Lipinski definition) is 1. The van der Waals surface area contributed by atoms with Crippen LogP contribution in [-0.2, 0) is 9.53 Å². The van der Waals surface area contributed by atoms with E-state index in [4.69, 9.17) is 25.8 Å². The summed E-state index contributed by atoms with van der Waals surface area (Å²) in [5, 5.41) is 9.74. The summed E-state index contributed by atoms with van der Waals surface area (Å²) in [6.45, 7) is 5.28. The van der Waals surface area contributed by atoms with Gasteiger partial charge in [-0.1, -0.05) is 11.6 Å². The van der Waals surface area contributed by atoms with Crippen molar-refractivity contribution in [3.05, 3.63) is 23.2 Å². The van der Waals surface area contributed by atoms with E-state index in [2.05, 4.69) is 0 Å². The van der Waals surface area contributed by atoms with Crippen molar-refractivity contribution in [3.8, 4) is 11.5 Å². The number of rotatable bonds is 4. The van der Waals surface area contributed by atoms with E-state index in [1.54, 1.807) is 39.0 Å². The van der Waals surface area contributed by atoms with Crippen LogP contribution in [0.4, 0.5) is 4.79 Å². The summed E-state index contributed by atoms with van der Waals surface area (Å²) in [6, 6.07) is 3.94. The maximum absolute atomic E-state index is 12.3. The standard InChI is InChI=1S/C17H22ClNO6/c1-17(2,3)25-16(22)19-9-11(8-13(19)15(20)21)24-14-6-5-10(23-4)7-12(14)18/h5-7,11,13H,8-9H2,1-4H3,(H,20,21). The topological polar surface area (TPSA) is 85.3 Å². The highest BCUT2D eigenvalue weighted by Crippen LogP contribution is 2.32.